The SMILES string of the molecule is CN(C)C(N)=NCc1nccn1C(F)F.I. The van der Waals surface area contributed by atoms with Gasteiger partial charge in [-0.05, 0) is 0 Å². The van der Waals surface area contributed by atoms with E-state index in [0.717, 1.165) is 4.57 Å². The van der Waals surface area contributed by atoms with Crippen molar-refractivity contribution in [2.24, 2.45) is 10.7 Å². The van der Waals surface area contributed by atoms with Crippen LogP contribution in [-0.2, 0) is 6.54 Å². The summed E-state index contributed by atoms with van der Waals surface area (Å²) in [7, 11) is 3.44. The fraction of sp³-hybridized carbons (Fsp3) is 0.500. The second kappa shape index (κ2) is 6.61. The molecule has 0 amide bonds. The predicted molar refractivity (Wildman–Crippen MR) is 67.9 cm³/mol. The summed E-state index contributed by atoms with van der Waals surface area (Å²) in [5.41, 5.74) is 5.51. The first kappa shape index (κ1) is 15.1. The molecule has 1 aromatic rings. The summed E-state index contributed by atoms with van der Waals surface area (Å²) in [4.78, 5) is 9.28. The molecule has 0 aliphatic rings. The zero-order valence-electron chi connectivity index (χ0n) is 8.97. The van der Waals surface area contributed by atoms with Gasteiger partial charge in [0, 0.05) is 26.5 Å². The molecular formula is C8H14F2IN5. The molecule has 0 atom stereocenters. The van der Waals surface area contributed by atoms with E-state index >= 15 is 0 Å². The zero-order chi connectivity index (χ0) is 11.4. The van der Waals surface area contributed by atoms with E-state index in [1.165, 1.54) is 12.4 Å². The molecule has 0 spiro atoms. The van der Waals surface area contributed by atoms with Crippen molar-refractivity contribution in [1.29, 1.82) is 0 Å². The van der Waals surface area contributed by atoms with Gasteiger partial charge >= 0.3 is 6.55 Å². The number of aliphatic imine (C=N–C) groups is 1. The Balaban J connectivity index is 0.00000225. The van der Waals surface area contributed by atoms with Crippen LogP contribution in [0.1, 0.15) is 12.4 Å². The largest absolute Gasteiger partial charge is 0.370 e. The molecule has 0 saturated carbocycles. The van der Waals surface area contributed by atoms with Gasteiger partial charge in [-0.3, -0.25) is 4.57 Å². The number of rotatable bonds is 3. The second-order valence-electron chi connectivity index (χ2n) is 3.10. The van der Waals surface area contributed by atoms with Crippen LogP contribution in [0.4, 0.5) is 8.78 Å². The molecule has 16 heavy (non-hydrogen) atoms. The highest BCUT2D eigenvalue weighted by atomic mass is 127. The van der Waals surface area contributed by atoms with Crippen LogP contribution in [-0.4, -0.2) is 34.5 Å². The van der Waals surface area contributed by atoms with E-state index in [1.54, 1.807) is 19.0 Å². The van der Waals surface area contributed by atoms with Gasteiger partial charge in [-0.2, -0.15) is 8.78 Å². The summed E-state index contributed by atoms with van der Waals surface area (Å²) in [5.74, 6) is 0.466. The summed E-state index contributed by atoms with van der Waals surface area (Å²) < 4.78 is 25.5. The smallest absolute Gasteiger partial charge is 0.319 e. The summed E-state index contributed by atoms with van der Waals surface area (Å²) >= 11 is 0. The van der Waals surface area contributed by atoms with Crippen molar-refractivity contribution >= 4 is 29.9 Å². The standard InChI is InChI=1S/C8H13F2N5.HI/c1-14(2)8(11)13-5-6-12-3-4-15(6)7(9)10;/h3-4,7H,5H2,1-2H3,(H2,11,13);1H. The number of nitrogens with zero attached hydrogens (tertiary/aromatic N) is 4. The van der Waals surface area contributed by atoms with E-state index in [9.17, 15) is 8.78 Å². The minimum absolute atomic E-state index is 0. The van der Waals surface area contributed by atoms with Gasteiger partial charge in [0.25, 0.3) is 0 Å². The van der Waals surface area contributed by atoms with Crippen molar-refractivity contribution in [3.05, 3.63) is 18.2 Å². The minimum atomic E-state index is -2.60. The second-order valence-corrected chi connectivity index (χ2v) is 3.10. The molecule has 1 rings (SSSR count). The third-order valence-corrected chi connectivity index (χ3v) is 1.80. The Labute approximate surface area is 109 Å². The molecule has 0 aliphatic carbocycles. The van der Waals surface area contributed by atoms with Gasteiger partial charge in [0.1, 0.15) is 12.4 Å². The summed E-state index contributed by atoms with van der Waals surface area (Å²) in [6.07, 6.45) is 2.52. The van der Waals surface area contributed by atoms with Gasteiger partial charge in [0.15, 0.2) is 5.96 Å². The van der Waals surface area contributed by atoms with Crippen LogP contribution in [0.15, 0.2) is 17.4 Å². The van der Waals surface area contributed by atoms with Crippen molar-refractivity contribution in [1.82, 2.24) is 14.5 Å². The van der Waals surface area contributed by atoms with Crippen LogP contribution in [0.3, 0.4) is 0 Å². The summed E-state index contributed by atoms with van der Waals surface area (Å²) in [6.45, 7) is -2.56. The third-order valence-electron chi connectivity index (χ3n) is 1.80. The Kier molecular flexibility index (Phi) is 6.22. The maximum atomic E-state index is 12.4. The lowest BCUT2D eigenvalue weighted by Crippen LogP contribution is -2.30. The average molecular weight is 345 g/mol. The molecule has 5 nitrogen and oxygen atoms in total. The number of hydrogen-bond donors (Lipinski definition) is 1. The first-order chi connectivity index (χ1) is 7.02. The molecule has 1 heterocycles. The number of imidazole rings is 1. The highest BCUT2D eigenvalue weighted by molar-refractivity contribution is 14.0. The number of halogens is 3. The molecule has 0 saturated heterocycles. The van der Waals surface area contributed by atoms with Gasteiger partial charge in [0.2, 0.25) is 0 Å². The van der Waals surface area contributed by atoms with Crippen LogP contribution < -0.4 is 5.73 Å². The lowest BCUT2D eigenvalue weighted by atomic mass is 10.6. The maximum absolute atomic E-state index is 12.4. The minimum Gasteiger partial charge on any atom is -0.370 e. The molecule has 0 bridgehead atoms. The molecule has 0 unspecified atom stereocenters. The molecule has 0 aliphatic heterocycles. The Morgan fingerprint density at radius 2 is 2.25 bits per heavy atom. The van der Waals surface area contributed by atoms with E-state index in [1.807, 2.05) is 0 Å². The first-order valence-corrected chi connectivity index (χ1v) is 4.29. The monoisotopic (exact) mass is 345 g/mol. The summed E-state index contributed by atoms with van der Waals surface area (Å²) in [6, 6.07) is 0. The zero-order valence-corrected chi connectivity index (χ0v) is 11.3. The van der Waals surface area contributed by atoms with Crippen molar-refractivity contribution in [3.63, 3.8) is 0 Å². The lowest BCUT2D eigenvalue weighted by molar-refractivity contribution is 0.0671. The van der Waals surface area contributed by atoms with Gasteiger partial charge in [-0.1, -0.05) is 0 Å². The maximum Gasteiger partial charge on any atom is 0.319 e. The van der Waals surface area contributed by atoms with E-state index in [2.05, 4.69) is 9.98 Å². The van der Waals surface area contributed by atoms with Gasteiger partial charge in [-0.15, -0.1) is 24.0 Å². The van der Waals surface area contributed by atoms with Crippen LogP contribution in [0.25, 0.3) is 0 Å². The molecule has 0 aromatic carbocycles. The predicted octanol–water partition coefficient (Wildman–Crippen LogP) is 1.27. The Morgan fingerprint density at radius 3 is 2.75 bits per heavy atom. The molecule has 0 fully saturated rings. The van der Waals surface area contributed by atoms with Gasteiger partial charge in [0.05, 0.1) is 0 Å². The van der Waals surface area contributed by atoms with E-state index in [4.69, 9.17) is 5.73 Å². The van der Waals surface area contributed by atoms with Crippen LogP contribution in [0.2, 0.25) is 0 Å². The summed E-state index contributed by atoms with van der Waals surface area (Å²) in [5, 5.41) is 0. The average Bonchev–Trinajstić information content (AvgIpc) is 2.61. The van der Waals surface area contributed by atoms with Crippen molar-refractivity contribution < 1.29 is 8.78 Å². The molecular weight excluding hydrogens is 331 g/mol. The third kappa shape index (κ3) is 3.91. The van der Waals surface area contributed by atoms with Crippen LogP contribution in [0, 0.1) is 0 Å². The van der Waals surface area contributed by atoms with E-state index in [-0.39, 0.29) is 42.3 Å². The molecule has 2 N–H and O–H groups in total. The fourth-order valence-electron chi connectivity index (χ4n) is 0.937. The van der Waals surface area contributed by atoms with Crippen LogP contribution in [0.5, 0.6) is 0 Å². The molecule has 92 valence electrons. The normalized spacial score (nSPS) is 11.4. The van der Waals surface area contributed by atoms with Crippen molar-refractivity contribution in [3.8, 4) is 0 Å². The van der Waals surface area contributed by atoms with Crippen molar-refractivity contribution in [2.75, 3.05) is 14.1 Å². The van der Waals surface area contributed by atoms with Gasteiger partial charge in [-0.25, -0.2) is 9.98 Å². The van der Waals surface area contributed by atoms with E-state index in [0.29, 0.717) is 0 Å². The van der Waals surface area contributed by atoms with Gasteiger partial charge < -0.3 is 10.6 Å². The van der Waals surface area contributed by atoms with E-state index < -0.39 is 6.55 Å². The highest BCUT2D eigenvalue weighted by Gasteiger charge is 2.10. The number of aromatic nitrogens is 2. The fourth-order valence-corrected chi connectivity index (χ4v) is 0.937. The molecule has 0 radical (unpaired) electrons. The molecule has 1 aromatic heterocycles. The topological polar surface area (TPSA) is 59.4 Å². The number of alkyl halides is 2. The molecule has 8 heteroatoms. The quantitative estimate of drug-likeness (QED) is 0.510. The number of guanidine groups is 1. The van der Waals surface area contributed by atoms with Crippen LogP contribution >= 0.6 is 24.0 Å². The number of hydrogen-bond acceptors (Lipinski definition) is 2. The Morgan fingerprint density at radius 1 is 1.62 bits per heavy atom. The number of nitrogens with two attached hydrogens (primary N) is 1. The Bertz CT molecular complexity index is 350. The van der Waals surface area contributed by atoms with Crippen molar-refractivity contribution in [2.45, 2.75) is 13.1 Å². The first-order valence-electron chi connectivity index (χ1n) is 4.29. The lowest BCUT2D eigenvalue weighted by Gasteiger charge is -2.10. The highest BCUT2D eigenvalue weighted by Crippen LogP contribution is 2.12. The Hall–Kier alpha value is -0.930.